The molecule has 2 aliphatic rings. The van der Waals surface area contributed by atoms with Crippen molar-refractivity contribution in [2.75, 3.05) is 26.6 Å². The number of benzene rings is 2. The molecule has 2 aromatic rings. The molecule has 0 spiro atoms. The Kier molecular flexibility index (Phi) is 3.94. The fourth-order valence-electron chi connectivity index (χ4n) is 2.83. The maximum absolute atomic E-state index is 5.79. The minimum Gasteiger partial charge on any atom is -0.490 e. The Morgan fingerprint density at radius 1 is 0.870 bits per heavy atom. The molecule has 0 aliphatic carbocycles. The summed E-state index contributed by atoms with van der Waals surface area (Å²) in [4.78, 5) is 0. The lowest BCUT2D eigenvalue weighted by atomic mass is 10.0. The molecule has 2 aliphatic heterocycles. The molecule has 120 valence electrons. The van der Waals surface area contributed by atoms with Gasteiger partial charge in [-0.1, -0.05) is 6.07 Å². The molecule has 23 heavy (non-hydrogen) atoms. The molecule has 0 fully saturated rings. The number of ether oxygens (including phenoxy) is 4. The van der Waals surface area contributed by atoms with Gasteiger partial charge in [0, 0.05) is 12.6 Å². The van der Waals surface area contributed by atoms with Gasteiger partial charge in [-0.15, -0.1) is 0 Å². The van der Waals surface area contributed by atoms with Gasteiger partial charge >= 0.3 is 0 Å². The van der Waals surface area contributed by atoms with Gasteiger partial charge in [0.05, 0.1) is 0 Å². The van der Waals surface area contributed by atoms with Gasteiger partial charge in [0.1, 0.15) is 24.7 Å². The second-order valence-corrected chi connectivity index (χ2v) is 5.57. The zero-order valence-corrected chi connectivity index (χ0v) is 12.8. The summed E-state index contributed by atoms with van der Waals surface area (Å²) in [5.41, 5.74) is 2.73. The van der Waals surface area contributed by atoms with Crippen LogP contribution in [-0.4, -0.2) is 26.6 Å². The van der Waals surface area contributed by atoms with Gasteiger partial charge in [-0.2, -0.15) is 0 Å². The average Bonchev–Trinajstić information content (AvgIpc) is 3.06. The van der Waals surface area contributed by atoms with E-state index in [0.29, 0.717) is 13.2 Å². The summed E-state index contributed by atoms with van der Waals surface area (Å²) in [6, 6.07) is 11.9. The van der Waals surface area contributed by atoms with Crippen LogP contribution >= 0.6 is 0 Å². The van der Waals surface area contributed by atoms with Gasteiger partial charge in [-0.05, 0) is 48.4 Å². The summed E-state index contributed by atoms with van der Waals surface area (Å²) in [6.07, 6.45) is 1.06. The molecular formula is C18H19NO4. The third-order valence-electron chi connectivity index (χ3n) is 4.03. The smallest absolute Gasteiger partial charge is 0.231 e. The van der Waals surface area contributed by atoms with Crippen molar-refractivity contribution in [1.82, 2.24) is 5.32 Å². The standard InChI is InChI=1S/C18H19NO4/c1-2-15(9-13-5-6-19-11-14(1)13)20-7-8-21-16-3-4-17-18(10-16)23-12-22-17/h1-4,9-10,19H,5-8,11-12H2. The summed E-state index contributed by atoms with van der Waals surface area (Å²) in [5.74, 6) is 3.15. The van der Waals surface area contributed by atoms with Crippen LogP contribution in [0.15, 0.2) is 36.4 Å². The van der Waals surface area contributed by atoms with E-state index in [9.17, 15) is 0 Å². The van der Waals surface area contributed by atoms with Crippen LogP contribution in [0, 0.1) is 0 Å². The van der Waals surface area contributed by atoms with Crippen molar-refractivity contribution in [2.45, 2.75) is 13.0 Å². The van der Waals surface area contributed by atoms with Gasteiger partial charge in [-0.25, -0.2) is 0 Å². The predicted octanol–water partition coefficient (Wildman–Crippen LogP) is 2.52. The molecule has 2 heterocycles. The third kappa shape index (κ3) is 3.19. The van der Waals surface area contributed by atoms with Crippen LogP contribution in [0.5, 0.6) is 23.0 Å². The highest BCUT2D eigenvalue weighted by Gasteiger charge is 2.13. The molecule has 0 bridgehead atoms. The molecule has 0 amide bonds. The highest BCUT2D eigenvalue weighted by molar-refractivity contribution is 5.46. The topological polar surface area (TPSA) is 49.0 Å². The van der Waals surface area contributed by atoms with Crippen molar-refractivity contribution < 1.29 is 18.9 Å². The van der Waals surface area contributed by atoms with E-state index in [4.69, 9.17) is 18.9 Å². The predicted molar refractivity (Wildman–Crippen MR) is 85.4 cm³/mol. The van der Waals surface area contributed by atoms with Gasteiger partial charge in [-0.3, -0.25) is 0 Å². The van der Waals surface area contributed by atoms with E-state index in [0.717, 1.165) is 42.5 Å². The summed E-state index contributed by atoms with van der Waals surface area (Å²) in [5, 5.41) is 3.37. The Balaban J connectivity index is 1.29. The Morgan fingerprint density at radius 2 is 1.65 bits per heavy atom. The van der Waals surface area contributed by atoms with E-state index < -0.39 is 0 Å². The largest absolute Gasteiger partial charge is 0.490 e. The maximum Gasteiger partial charge on any atom is 0.231 e. The van der Waals surface area contributed by atoms with E-state index >= 15 is 0 Å². The Bertz CT molecular complexity index is 701. The molecule has 5 nitrogen and oxygen atoms in total. The first kappa shape index (κ1) is 14.2. The molecule has 0 saturated heterocycles. The Morgan fingerprint density at radius 3 is 2.57 bits per heavy atom. The monoisotopic (exact) mass is 313 g/mol. The van der Waals surface area contributed by atoms with Crippen LogP contribution in [0.3, 0.4) is 0 Å². The van der Waals surface area contributed by atoms with Crippen molar-refractivity contribution >= 4 is 0 Å². The van der Waals surface area contributed by atoms with Gasteiger partial charge < -0.3 is 24.3 Å². The highest BCUT2D eigenvalue weighted by atomic mass is 16.7. The second kappa shape index (κ2) is 6.38. The molecular weight excluding hydrogens is 294 g/mol. The van der Waals surface area contributed by atoms with Gasteiger partial charge in [0.25, 0.3) is 0 Å². The minimum atomic E-state index is 0.274. The van der Waals surface area contributed by atoms with Crippen molar-refractivity contribution in [3.63, 3.8) is 0 Å². The van der Waals surface area contributed by atoms with Crippen LogP contribution < -0.4 is 24.3 Å². The Labute approximate surface area is 135 Å². The number of hydrogen-bond acceptors (Lipinski definition) is 5. The normalized spacial score (nSPS) is 15.1. The van der Waals surface area contributed by atoms with E-state index in [-0.39, 0.29) is 6.79 Å². The molecule has 0 saturated carbocycles. The number of fused-ring (bicyclic) bond motifs is 2. The second-order valence-electron chi connectivity index (χ2n) is 5.57. The number of nitrogens with one attached hydrogen (secondary N) is 1. The number of hydrogen-bond donors (Lipinski definition) is 1. The molecule has 2 aromatic carbocycles. The van der Waals surface area contributed by atoms with Crippen molar-refractivity contribution in [3.05, 3.63) is 47.5 Å². The molecule has 0 atom stereocenters. The zero-order chi connectivity index (χ0) is 15.5. The first-order chi connectivity index (χ1) is 11.4. The van der Waals surface area contributed by atoms with E-state index in [1.165, 1.54) is 11.1 Å². The molecule has 0 radical (unpaired) electrons. The lowest BCUT2D eigenvalue weighted by Crippen LogP contribution is -2.23. The Hall–Kier alpha value is -2.40. The zero-order valence-electron chi connectivity index (χ0n) is 12.8. The molecule has 4 rings (SSSR count). The lowest BCUT2D eigenvalue weighted by molar-refractivity contribution is 0.173. The summed E-state index contributed by atoms with van der Waals surface area (Å²) >= 11 is 0. The van der Waals surface area contributed by atoms with Crippen molar-refractivity contribution in [1.29, 1.82) is 0 Å². The number of rotatable bonds is 5. The lowest BCUT2D eigenvalue weighted by Gasteiger charge is -2.18. The van der Waals surface area contributed by atoms with Crippen LogP contribution in [0.4, 0.5) is 0 Å². The molecule has 0 unspecified atom stereocenters. The maximum atomic E-state index is 5.79. The third-order valence-corrected chi connectivity index (χ3v) is 4.03. The van der Waals surface area contributed by atoms with Crippen LogP contribution in [-0.2, 0) is 13.0 Å². The quantitative estimate of drug-likeness (QED) is 0.860. The SMILES string of the molecule is c1cc2c(cc1OCCOc1ccc3c(c1)OCO3)CCNC2. The first-order valence-corrected chi connectivity index (χ1v) is 7.86. The fraction of sp³-hybridized carbons (Fsp3) is 0.333. The minimum absolute atomic E-state index is 0.274. The van der Waals surface area contributed by atoms with Crippen molar-refractivity contribution in [2.24, 2.45) is 0 Å². The van der Waals surface area contributed by atoms with Gasteiger partial charge in [0.2, 0.25) is 6.79 Å². The van der Waals surface area contributed by atoms with Crippen LogP contribution in [0.2, 0.25) is 0 Å². The molecule has 1 N–H and O–H groups in total. The fourth-order valence-corrected chi connectivity index (χ4v) is 2.83. The molecule has 5 heteroatoms. The van der Waals surface area contributed by atoms with Gasteiger partial charge in [0.15, 0.2) is 11.5 Å². The molecule has 0 aromatic heterocycles. The summed E-state index contributed by atoms with van der Waals surface area (Å²) < 4.78 is 22.1. The summed E-state index contributed by atoms with van der Waals surface area (Å²) in [7, 11) is 0. The van der Waals surface area contributed by atoms with Crippen LogP contribution in [0.1, 0.15) is 11.1 Å². The summed E-state index contributed by atoms with van der Waals surface area (Å²) in [6.45, 7) is 3.24. The van der Waals surface area contributed by atoms with Crippen LogP contribution in [0.25, 0.3) is 0 Å². The first-order valence-electron chi connectivity index (χ1n) is 7.86. The van der Waals surface area contributed by atoms with Crippen molar-refractivity contribution in [3.8, 4) is 23.0 Å². The average molecular weight is 313 g/mol. The highest BCUT2D eigenvalue weighted by Crippen LogP contribution is 2.35. The van der Waals surface area contributed by atoms with E-state index in [2.05, 4.69) is 17.4 Å². The van der Waals surface area contributed by atoms with E-state index in [1.54, 1.807) is 0 Å². The van der Waals surface area contributed by atoms with E-state index in [1.807, 2.05) is 24.3 Å².